The number of hydrogen-bond acceptors (Lipinski definition) is 6. The minimum atomic E-state index is -3.59. The fourth-order valence-electron chi connectivity index (χ4n) is 3.51. The third-order valence-corrected chi connectivity index (χ3v) is 7.29. The maximum absolute atomic E-state index is 13.1. The van der Waals surface area contributed by atoms with Crippen molar-refractivity contribution in [2.45, 2.75) is 63.5 Å². The molecule has 2 fully saturated rings. The first-order valence-corrected chi connectivity index (χ1v) is 10.1. The Morgan fingerprint density at radius 1 is 1.42 bits per heavy atom. The smallest absolute Gasteiger partial charge is 0.427 e. The quantitative estimate of drug-likeness (QED) is 0.387. The van der Waals surface area contributed by atoms with Crippen LogP contribution in [-0.2, 0) is 10.2 Å². The molecule has 1 unspecified atom stereocenters. The average Bonchev–Trinajstić information content (AvgIpc) is 3.23. The standard InChI is InChI=1S/C14H31BN4O4S/c1-11(8-16)19(13-5-6-13)24(22,23)18-9-12(14(2,17)10-18)4-3-7-15(20)21/h11-13,20-21H,3-10,16-17H2,1-2H3/t11?,12-,14-/m0/s1. The van der Waals surface area contributed by atoms with Crippen LogP contribution in [0.1, 0.15) is 39.5 Å². The van der Waals surface area contributed by atoms with Crippen molar-refractivity contribution in [3.8, 4) is 0 Å². The van der Waals surface area contributed by atoms with Crippen molar-refractivity contribution in [1.82, 2.24) is 8.61 Å². The molecule has 0 radical (unpaired) electrons. The molecule has 0 aromatic rings. The molecule has 24 heavy (non-hydrogen) atoms. The highest BCUT2D eigenvalue weighted by Crippen LogP contribution is 2.37. The molecule has 0 aromatic heterocycles. The number of nitrogens with zero attached hydrogens (tertiary/aromatic N) is 2. The van der Waals surface area contributed by atoms with E-state index in [-0.39, 0.29) is 30.9 Å². The van der Waals surface area contributed by atoms with Crippen molar-refractivity contribution in [3.05, 3.63) is 0 Å². The number of hydrogen-bond donors (Lipinski definition) is 4. The molecule has 1 aliphatic carbocycles. The molecule has 1 saturated heterocycles. The zero-order valence-electron chi connectivity index (χ0n) is 14.6. The molecule has 8 nitrogen and oxygen atoms in total. The minimum Gasteiger partial charge on any atom is -0.427 e. The summed E-state index contributed by atoms with van der Waals surface area (Å²) >= 11 is 0. The van der Waals surface area contributed by atoms with Gasteiger partial charge in [0.1, 0.15) is 0 Å². The number of rotatable bonds is 9. The predicted octanol–water partition coefficient (Wildman–Crippen LogP) is -1.05. The van der Waals surface area contributed by atoms with Crippen LogP contribution in [0.4, 0.5) is 0 Å². The van der Waals surface area contributed by atoms with Gasteiger partial charge in [0.25, 0.3) is 10.2 Å². The Kier molecular flexibility index (Phi) is 6.34. The molecule has 2 rings (SSSR count). The van der Waals surface area contributed by atoms with Crippen LogP contribution in [-0.4, -0.2) is 71.5 Å². The first-order chi connectivity index (χ1) is 11.1. The van der Waals surface area contributed by atoms with Crippen LogP contribution < -0.4 is 11.5 Å². The van der Waals surface area contributed by atoms with E-state index in [4.69, 9.17) is 21.5 Å². The van der Waals surface area contributed by atoms with E-state index in [0.29, 0.717) is 25.9 Å². The molecule has 0 amide bonds. The third kappa shape index (κ3) is 4.49. The van der Waals surface area contributed by atoms with Crippen molar-refractivity contribution in [2.24, 2.45) is 17.4 Å². The lowest BCUT2D eigenvalue weighted by molar-refractivity contribution is 0.298. The van der Waals surface area contributed by atoms with Gasteiger partial charge >= 0.3 is 7.12 Å². The average molecular weight is 362 g/mol. The summed E-state index contributed by atoms with van der Waals surface area (Å²) in [6.07, 6.45) is 3.32. The second-order valence-corrected chi connectivity index (χ2v) is 9.39. The van der Waals surface area contributed by atoms with E-state index in [2.05, 4.69) is 0 Å². The highest BCUT2D eigenvalue weighted by atomic mass is 32.2. The van der Waals surface area contributed by atoms with E-state index in [0.717, 1.165) is 12.8 Å². The van der Waals surface area contributed by atoms with Crippen molar-refractivity contribution >= 4 is 17.3 Å². The fourth-order valence-corrected chi connectivity index (χ4v) is 5.72. The molecule has 140 valence electrons. The van der Waals surface area contributed by atoms with Crippen molar-refractivity contribution in [2.75, 3.05) is 19.6 Å². The van der Waals surface area contributed by atoms with E-state index in [1.54, 1.807) is 4.31 Å². The van der Waals surface area contributed by atoms with Gasteiger partial charge in [0.2, 0.25) is 0 Å². The molecular formula is C14H31BN4O4S. The summed E-state index contributed by atoms with van der Waals surface area (Å²) in [7, 11) is -4.91. The van der Waals surface area contributed by atoms with Gasteiger partial charge in [0.15, 0.2) is 0 Å². The Morgan fingerprint density at radius 2 is 2.04 bits per heavy atom. The molecule has 10 heteroatoms. The fraction of sp³-hybridized carbons (Fsp3) is 1.00. The van der Waals surface area contributed by atoms with E-state index in [1.165, 1.54) is 4.31 Å². The summed E-state index contributed by atoms with van der Waals surface area (Å²) in [5, 5.41) is 17.9. The van der Waals surface area contributed by atoms with E-state index < -0.39 is 22.9 Å². The second kappa shape index (κ2) is 7.57. The molecule has 1 heterocycles. The summed E-state index contributed by atoms with van der Waals surface area (Å²) in [5.41, 5.74) is 11.4. The molecule has 6 N–H and O–H groups in total. The third-order valence-electron chi connectivity index (χ3n) is 5.16. The molecule has 0 bridgehead atoms. The van der Waals surface area contributed by atoms with Gasteiger partial charge < -0.3 is 21.5 Å². The monoisotopic (exact) mass is 362 g/mol. The second-order valence-electron chi connectivity index (χ2n) is 7.56. The maximum atomic E-state index is 13.1. The number of nitrogens with two attached hydrogens (primary N) is 2. The van der Waals surface area contributed by atoms with Crippen LogP contribution >= 0.6 is 0 Å². The Bertz CT molecular complexity index is 527. The lowest BCUT2D eigenvalue weighted by Crippen LogP contribution is -2.51. The molecular weight excluding hydrogens is 331 g/mol. The van der Waals surface area contributed by atoms with Crippen LogP contribution in [0.2, 0.25) is 6.32 Å². The molecule has 0 spiro atoms. The zero-order valence-corrected chi connectivity index (χ0v) is 15.5. The molecule has 2 aliphatic rings. The van der Waals surface area contributed by atoms with Gasteiger partial charge in [-0.3, -0.25) is 0 Å². The Hall–Kier alpha value is -0.225. The van der Waals surface area contributed by atoms with Crippen LogP contribution in [0, 0.1) is 5.92 Å². The Morgan fingerprint density at radius 3 is 2.54 bits per heavy atom. The van der Waals surface area contributed by atoms with Gasteiger partial charge in [-0.15, -0.1) is 0 Å². The van der Waals surface area contributed by atoms with E-state index >= 15 is 0 Å². The minimum absolute atomic E-state index is 0.000241. The topological polar surface area (TPSA) is 133 Å². The predicted molar refractivity (Wildman–Crippen MR) is 94.2 cm³/mol. The van der Waals surface area contributed by atoms with Crippen LogP contribution in [0.3, 0.4) is 0 Å². The van der Waals surface area contributed by atoms with Crippen LogP contribution in [0.25, 0.3) is 0 Å². The summed E-state index contributed by atoms with van der Waals surface area (Å²) in [4.78, 5) is 0. The van der Waals surface area contributed by atoms with Gasteiger partial charge in [-0.2, -0.15) is 17.0 Å². The summed E-state index contributed by atoms with van der Waals surface area (Å²) in [5.74, 6) is 0.000241. The molecule has 0 aromatic carbocycles. The SMILES string of the molecule is CC(CN)N(C1CC1)S(=O)(=O)N1C[C@H](CCCB(O)O)[C@@](C)(N)C1. The largest absolute Gasteiger partial charge is 0.451 e. The van der Waals surface area contributed by atoms with E-state index in [9.17, 15) is 8.42 Å². The summed E-state index contributed by atoms with van der Waals surface area (Å²) in [6, 6.07) is -0.170. The van der Waals surface area contributed by atoms with Gasteiger partial charge in [-0.25, -0.2) is 0 Å². The van der Waals surface area contributed by atoms with Crippen LogP contribution in [0.15, 0.2) is 0 Å². The van der Waals surface area contributed by atoms with Crippen molar-refractivity contribution in [1.29, 1.82) is 0 Å². The maximum Gasteiger partial charge on any atom is 0.451 e. The van der Waals surface area contributed by atoms with Crippen molar-refractivity contribution in [3.63, 3.8) is 0 Å². The molecule has 1 saturated carbocycles. The zero-order chi connectivity index (χ0) is 18.1. The first kappa shape index (κ1) is 20.1. The van der Waals surface area contributed by atoms with Crippen LogP contribution in [0.5, 0.6) is 0 Å². The Labute approximate surface area is 145 Å². The van der Waals surface area contributed by atoms with Gasteiger partial charge in [-0.05, 0) is 45.3 Å². The lowest BCUT2D eigenvalue weighted by atomic mass is 9.79. The van der Waals surface area contributed by atoms with Gasteiger partial charge in [-0.1, -0.05) is 6.42 Å². The highest BCUT2D eigenvalue weighted by Gasteiger charge is 2.49. The normalized spacial score (nSPS) is 30.0. The molecule has 1 aliphatic heterocycles. The first-order valence-electron chi connectivity index (χ1n) is 8.73. The summed E-state index contributed by atoms with van der Waals surface area (Å²) < 4.78 is 29.2. The Balaban J connectivity index is 2.08. The molecule has 3 atom stereocenters. The van der Waals surface area contributed by atoms with E-state index in [1.807, 2.05) is 13.8 Å². The van der Waals surface area contributed by atoms with Gasteiger partial charge in [0.05, 0.1) is 0 Å². The highest BCUT2D eigenvalue weighted by molar-refractivity contribution is 7.86. The van der Waals surface area contributed by atoms with Gasteiger partial charge in [0, 0.05) is 37.3 Å². The van der Waals surface area contributed by atoms with Crippen molar-refractivity contribution < 1.29 is 18.5 Å². The lowest BCUT2D eigenvalue weighted by Gasteiger charge is -2.32. The summed E-state index contributed by atoms with van der Waals surface area (Å²) in [6.45, 7) is 4.66.